The van der Waals surface area contributed by atoms with Crippen molar-refractivity contribution in [2.75, 3.05) is 12.8 Å². The Morgan fingerprint density at radius 1 is 1.24 bits per heavy atom. The van der Waals surface area contributed by atoms with Crippen LogP contribution in [0.15, 0.2) is 4.52 Å². The maximum absolute atomic E-state index is 12.2. The van der Waals surface area contributed by atoms with Gasteiger partial charge in [0.1, 0.15) is 11.1 Å². The van der Waals surface area contributed by atoms with Crippen LogP contribution in [0.5, 0.6) is 0 Å². The smallest absolute Gasteiger partial charge is 0.255 e. The molecule has 1 saturated heterocycles. The third-order valence-electron chi connectivity index (χ3n) is 4.19. The SMILES string of the molecule is Cc1noc([C@@H]2CC[C@H](CN(Cc3nc(C)c(C)s3)S(C)(=O)=O)O2)n1. The molecule has 0 unspecified atom stereocenters. The molecule has 1 aliphatic rings. The van der Waals surface area contributed by atoms with E-state index in [0.717, 1.165) is 28.4 Å². The van der Waals surface area contributed by atoms with Crippen LogP contribution >= 0.6 is 11.3 Å². The molecule has 25 heavy (non-hydrogen) atoms. The van der Waals surface area contributed by atoms with E-state index >= 15 is 0 Å². The molecule has 0 saturated carbocycles. The third-order valence-corrected chi connectivity index (χ3v) is 6.46. The highest BCUT2D eigenvalue weighted by atomic mass is 32.2. The fraction of sp³-hybridized carbons (Fsp3) is 0.667. The van der Waals surface area contributed by atoms with Gasteiger partial charge in [0.25, 0.3) is 5.89 Å². The number of ether oxygens (including phenoxy) is 1. The molecule has 138 valence electrons. The largest absolute Gasteiger partial charge is 0.364 e. The summed E-state index contributed by atoms with van der Waals surface area (Å²) in [4.78, 5) is 9.74. The maximum Gasteiger partial charge on any atom is 0.255 e. The first-order valence-corrected chi connectivity index (χ1v) is 10.7. The Balaban J connectivity index is 1.67. The predicted octanol–water partition coefficient (Wildman–Crippen LogP) is 2.13. The summed E-state index contributed by atoms with van der Waals surface area (Å²) in [5, 5.41) is 4.57. The van der Waals surface area contributed by atoms with Crippen molar-refractivity contribution in [2.45, 2.75) is 52.4 Å². The molecule has 0 radical (unpaired) electrons. The Morgan fingerprint density at radius 3 is 2.56 bits per heavy atom. The summed E-state index contributed by atoms with van der Waals surface area (Å²) < 4.78 is 36.9. The molecule has 2 aromatic rings. The first kappa shape index (κ1) is 18.4. The van der Waals surface area contributed by atoms with E-state index in [2.05, 4.69) is 15.1 Å². The summed E-state index contributed by atoms with van der Waals surface area (Å²) in [6, 6.07) is 0. The number of rotatable bonds is 6. The maximum atomic E-state index is 12.2. The zero-order chi connectivity index (χ0) is 18.2. The molecule has 8 nitrogen and oxygen atoms in total. The highest BCUT2D eigenvalue weighted by Gasteiger charge is 2.33. The fourth-order valence-electron chi connectivity index (χ4n) is 2.77. The molecule has 0 N–H and O–H groups in total. The van der Waals surface area contributed by atoms with Crippen LogP contribution in [-0.4, -0.2) is 46.8 Å². The van der Waals surface area contributed by atoms with Gasteiger partial charge in [-0.1, -0.05) is 5.16 Å². The highest BCUT2D eigenvalue weighted by molar-refractivity contribution is 7.88. The van der Waals surface area contributed by atoms with Crippen LogP contribution in [0, 0.1) is 20.8 Å². The molecular formula is C15H22N4O4S2. The first-order valence-electron chi connectivity index (χ1n) is 8.06. The van der Waals surface area contributed by atoms with E-state index in [-0.39, 0.29) is 18.8 Å². The summed E-state index contributed by atoms with van der Waals surface area (Å²) in [5.41, 5.74) is 0.942. The molecule has 10 heteroatoms. The van der Waals surface area contributed by atoms with Crippen molar-refractivity contribution < 1.29 is 17.7 Å². The quantitative estimate of drug-likeness (QED) is 0.750. The van der Waals surface area contributed by atoms with Crippen LogP contribution in [0.4, 0.5) is 0 Å². The number of hydrogen-bond donors (Lipinski definition) is 0. The molecule has 0 amide bonds. The van der Waals surface area contributed by atoms with E-state index < -0.39 is 10.0 Å². The first-order chi connectivity index (χ1) is 11.7. The Kier molecular flexibility index (Phi) is 5.24. The lowest BCUT2D eigenvalue weighted by molar-refractivity contribution is 0.0172. The van der Waals surface area contributed by atoms with Crippen LogP contribution in [-0.2, 0) is 21.3 Å². The zero-order valence-corrected chi connectivity index (χ0v) is 16.4. The van der Waals surface area contributed by atoms with E-state index in [1.165, 1.54) is 21.9 Å². The zero-order valence-electron chi connectivity index (χ0n) is 14.7. The monoisotopic (exact) mass is 386 g/mol. The van der Waals surface area contributed by atoms with Gasteiger partial charge in [0.05, 0.1) is 24.6 Å². The van der Waals surface area contributed by atoms with Crippen LogP contribution in [0.2, 0.25) is 0 Å². The summed E-state index contributed by atoms with van der Waals surface area (Å²) >= 11 is 1.53. The molecule has 1 fully saturated rings. The van der Waals surface area contributed by atoms with Gasteiger partial charge in [-0.15, -0.1) is 11.3 Å². The third kappa shape index (κ3) is 4.43. The number of sulfonamides is 1. The van der Waals surface area contributed by atoms with Gasteiger partial charge >= 0.3 is 0 Å². The van der Waals surface area contributed by atoms with Gasteiger partial charge in [-0.3, -0.25) is 0 Å². The molecule has 3 rings (SSSR count). The Labute approximate surface area is 151 Å². The van der Waals surface area contributed by atoms with E-state index in [0.29, 0.717) is 18.3 Å². The van der Waals surface area contributed by atoms with Crippen molar-refractivity contribution in [1.29, 1.82) is 0 Å². The van der Waals surface area contributed by atoms with Crippen LogP contribution in [0.1, 0.15) is 46.2 Å². The molecule has 1 aliphatic heterocycles. The molecule has 2 aromatic heterocycles. The van der Waals surface area contributed by atoms with Crippen LogP contribution in [0.3, 0.4) is 0 Å². The second-order valence-electron chi connectivity index (χ2n) is 6.31. The molecule has 0 bridgehead atoms. The van der Waals surface area contributed by atoms with Gasteiger partial charge in [0.2, 0.25) is 10.0 Å². The number of aryl methyl sites for hydroxylation is 3. The van der Waals surface area contributed by atoms with Crippen molar-refractivity contribution >= 4 is 21.4 Å². The van der Waals surface area contributed by atoms with Gasteiger partial charge in [0, 0.05) is 11.4 Å². The minimum Gasteiger partial charge on any atom is -0.364 e. The molecule has 2 atom stereocenters. The van der Waals surface area contributed by atoms with Gasteiger partial charge in [-0.2, -0.15) is 9.29 Å². The average Bonchev–Trinajstić information content (AvgIpc) is 3.20. The highest BCUT2D eigenvalue weighted by Crippen LogP contribution is 2.32. The average molecular weight is 386 g/mol. The van der Waals surface area contributed by atoms with E-state index in [1.807, 2.05) is 13.8 Å². The summed E-state index contributed by atoms with van der Waals surface area (Å²) in [6.45, 7) is 6.22. The van der Waals surface area contributed by atoms with Crippen molar-refractivity contribution in [2.24, 2.45) is 0 Å². The summed E-state index contributed by atoms with van der Waals surface area (Å²) in [6.07, 6.45) is 2.23. The lowest BCUT2D eigenvalue weighted by Crippen LogP contribution is -2.36. The second kappa shape index (κ2) is 7.10. The Hall–Kier alpha value is -1.36. The molecule has 0 aromatic carbocycles. The van der Waals surface area contributed by atoms with Crippen molar-refractivity contribution in [1.82, 2.24) is 19.4 Å². The van der Waals surface area contributed by atoms with Crippen LogP contribution < -0.4 is 0 Å². The van der Waals surface area contributed by atoms with Crippen LogP contribution in [0.25, 0.3) is 0 Å². The van der Waals surface area contributed by atoms with E-state index in [1.54, 1.807) is 6.92 Å². The minimum absolute atomic E-state index is 0.200. The standard InChI is InChI=1S/C15H22N4O4S2/c1-9-10(2)24-14(16-9)8-19(25(4,20)21)7-12-5-6-13(22-12)15-17-11(3)18-23-15/h12-13H,5-8H2,1-4H3/t12-,13+/m1/s1. The number of nitrogens with zero attached hydrogens (tertiary/aromatic N) is 4. The number of hydrogen-bond acceptors (Lipinski definition) is 8. The Bertz CT molecular complexity index is 826. The fourth-order valence-corrected chi connectivity index (χ4v) is 4.59. The molecule has 3 heterocycles. The lowest BCUT2D eigenvalue weighted by Gasteiger charge is -2.22. The number of aromatic nitrogens is 3. The predicted molar refractivity (Wildman–Crippen MR) is 92.7 cm³/mol. The minimum atomic E-state index is -3.36. The van der Waals surface area contributed by atoms with Gasteiger partial charge in [-0.05, 0) is 33.6 Å². The van der Waals surface area contributed by atoms with Gasteiger partial charge in [0.15, 0.2) is 5.82 Å². The van der Waals surface area contributed by atoms with E-state index in [9.17, 15) is 8.42 Å². The molecule has 0 spiro atoms. The lowest BCUT2D eigenvalue weighted by atomic mass is 10.2. The van der Waals surface area contributed by atoms with Gasteiger partial charge < -0.3 is 9.26 Å². The number of thiazole rings is 1. The van der Waals surface area contributed by atoms with E-state index in [4.69, 9.17) is 9.26 Å². The van der Waals surface area contributed by atoms with Gasteiger partial charge in [-0.25, -0.2) is 13.4 Å². The second-order valence-corrected chi connectivity index (χ2v) is 9.58. The van der Waals surface area contributed by atoms with Crippen molar-refractivity contribution in [3.05, 3.63) is 27.3 Å². The van der Waals surface area contributed by atoms with Crippen molar-refractivity contribution in [3.63, 3.8) is 0 Å². The molecule has 0 aliphatic carbocycles. The summed E-state index contributed by atoms with van der Waals surface area (Å²) in [5.74, 6) is 1.02. The van der Waals surface area contributed by atoms with Crippen molar-refractivity contribution in [3.8, 4) is 0 Å². The summed E-state index contributed by atoms with van der Waals surface area (Å²) in [7, 11) is -3.36. The topological polar surface area (TPSA) is 98.4 Å². The molecular weight excluding hydrogens is 364 g/mol. The Morgan fingerprint density at radius 2 is 2.00 bits per heavy atom. The normalized spacial score (nSPS) is 21.3.